The van der Waals surface area contributed by atoms with Crippen LogP contribution in [0.1, 0.15) is 39.5 Å². The Hall–Kier alpha value is -0.610. The van der Waals surface area contributed by atoms with Crippen LogP contribution in [-0.2, 0) is 9.53 Å². The molecule has 0 radical (unpaired) electrons. The maximum absolute atomic E-state index is 11.6. The second-order valence-electron chi connectivity index (χ2n) is 4.31. The predicted molar refractivity (Wildman–Crippen MR) is 64.2 cm³/mol. The molecule has 0 aliphatic rings. The molecule has 0 aliphatic carbocycles. The van der Waals surface area contributed by atoms with Crippen LogP contribution in [0.3, 0.4) is 0 Å². The number of ether oxygens (including phenoxy) is 1. The number of hydrogen-bond acceptors (Lipinski definition) is 3. The highest BCUT2D eigenvalue weighted by molar-refractivity contribution is 5.81. The van der Waals surface area contributed by atoms with E-state index in [0.29, 0.717) is 6.61 Å². The third-order valence-corrected chi connectivity index (χ3v) is 3.00. The van der Waals surface area contributed by atoms with Crippen molar-refractivity contribution in [1.82, 2.24) is 5.32 Å². The number of likely N-dealkylation sites (N-methyl/N-ethyl adjacent to an activating group) is 1. The van der Waals surface area contributed by atoms with Gasteiger partial charge >= 0.3 is 0 Å². The number of nitrogens with one attached hydrogen (secondary N) is 1. The summed E-state index contributed by atoms with van der Waals surface area (Å²) in [5.41, 5.74) is -0.446. The summed E-state index contributed by atoms with van der Waals surface area (Å²) in [6, 6.07) is 0. The number of aliphatic hydroxyl groups is 1. The van der Waals surface area contributed by atoms with Crippen molar-refractivity contribution in [1.29, 1.82) is 0 Å². The van der Waals surface area contributed by atoms with Crippen LogP contribution in [0, 0.1) is 5.41 Å². The van der Waals surface area contributed by atoms with Crippen LogP contribution in [0.15, 0.2) is 0 Å². The minimum absolute atomic E-state index is 0.320. The summed E-state index contributed by atoms with van der Waals surface area (Å²) in [6.45, 7) is 4.52. The molecule has 0 saturated heterocycles. The summed E-state index contributed by atoms with van der Waals surface area (Å²) in [6.07, 6.45) is 2.46. The first-order chi connectivity index (χ1) is 7.57. The third-order valence-electron chi connectivity index (χ3n) is 3.00. The molecule has 4 nitrogen and oxygen atoms in total. The molecule has 1 amide bonds. The molecule has 0 unspecified atom stereocenters. The second kappa shape index (κ2) is 7.63. The zero-order chi connectivity index (χ0) is 12.6. The lowest BCUT2D eigenvalue weighted by atomic mass is 9.74. The average Bonchev–Trinajstić information content (AvgIpc) is 2.28. The molecule has 0 aliphatic heterocycles. The lowest BCUT2D eigenvalue weighted by Crippen LogP contribution is -2.48. The Morgan fingerprint density at radius 1 is 1.38 bits per heavy atom. The minimum Gasteiger partial charge on any atom is -0.384 e. The molecule has 0 bridgehead atoms. The van der Waals surface area contributed by atoms with Gasteiger partial charge in [-0.05, 0) is 12.8 Å². The number of rotatable bonds is 8. The van der Waals surface area contributed by atoms with Crippen molar-refractivity contribution >= 4 is 5.91 Å². The standard InChI is InChI=1S/C12H25NO3/c1-5-7-12(8-6-2,9-16-4)10(14)11(15)13-3/h10,14H,5-9H2,1-4H3,(H,13,15)/t10-/m1/s1. The van der Waals surface area contributed by atoms with Crippen molar-refractivity contribution in [2.75, 3.05) is 20.8 Å². The molecule has 2 N–H and O–H groups in total. The van der Waals surface area contributed by atoms with Crippen LogP contribution in [0.25, 0.3) is 0 Å². The molecule has 0 rings (SSSR count). The fourth-order valence-corrected chi connectivity index (χ4v) is 2.32. The van der Waals surface area contributed by atoms with Gasteiger partial charge in [0, 0.05) is 19.6 Å². The number of hydrogen-bond donors (Lipinski definition) is 2. The fourth-order valence-electron chi connectivity index (χ4n) is 2.32. The fraction of sp³-hybridized carbons (Fsp3) is 0.917. The second-order valence-corrected chi connectivity index (χ2v) is 4.31. The zero-order valence-corrected chi connectivity index (χ0v) is 10.9. The largest absolute Gasteiger partial charge is 0.384 e. The highest BCUT2D eigenvalue weighted by Gasteiger charge is 2.40. The van der Waals surface area contributed by atoms with Crippen molar-refractivity contribution < 1.29 is 14.6 Å². The van der Waals surface area contributed by atoms with Crippen molar-refractivity contribution in [2.24, 2.45) is 5.41 Å². The van der Waals surface area contributed by atoms with Gasteiger partial charge < -0.3 is 15.2 Å². The summed E-state index contributed by atoms with van der Waals surface area (Å²) in [4.78, 5) is 11.6. The van der Waals surface area contributed by atoms with Crippen LogP contribution in [0.5, 0.6) is 0 Å². The van der Waals surface area contributed by atoms with E-state index in [2.05, 4.69) is 19.2 Å². The van der Waals surface area contributed by atoms with E-state index in [0.717, 1.165) is 25.7 Å². The van der Waals surface area contributed by atoms with Crippen molar-refractivity contribution in [3.05, 3.63) is 0 Å². The lowest BCUT2D eigenvalue weighted by molar-refractivity contribution is -0.140. The minimum atomic E-state index is -0.989. The Morgan fingerprint density at radius 2 is 1.88 bits per heavy atom. The van der Waals surface area contributed by atoms with E-state index in [1.165, 1.54) is 0 Å². The Labute approximate surface area is 98.4 Å². The number of aliphatic hydroxyl groups excluding tert-OH is 1. The van der Waals surface area contributed by atoms with Gasteiger partial charge in [0.2, 0.25) is 5.91 Å². The summed E-state index contributed by atoms with van der Waals surface area (Å²) in [5.74, 6) is -0.320. The van der Waals surface area contributed by atoms with Gasteiger partial charge in [0.15, 0.2) is 0 Å². The molecule has 0 aromatic carbocycles. The molecule has 0 aromatic heterocycles. The van der Waals surface area contributed by atoms with Gasteiger partial charge in [-0.1, -0.05) is 26.7 Å². The van der Waals surface area contributed by atoms with Crippen molar-refractivity contribution in [2.45, 2.75) is 45.6 Å². The van der Waals surface area contributed by atoms with E-state index >= 15 is 0 Å². The molecule has 1 atom stereocenters. The van der Waals surface area contributed by atoms with Gasteiger partial charge in [-0.15, -0.1) is 0 Å². The lowest BCUT2D eigenvalue weighted by Gasteiger charge is -2.36. The summed E-state index contributed by atoms with van der Waals surface area (Å²) in [5, 5.41) is 12.6. The van der Waals surface area contributed by atoms with Crippen molar-refractivity contribution in [3.63, 3.8) is 0 Å². The third kappa shape index (κ3) is 3.76. The van der Waals surface area contributed by atoms with Gasteiger partial charge in [-0.3, -0.25) is 4.79 Å². The van der Waals surface area contributed by atoms with Gasteiger partial charge in [0.1, 0.15) is 6.10 Å². The van der Waals surface area contributed by atoms with Crippen LogP contribution in [-0.4, -0.2) is 37.9 Å². The summed E-state index contributed by atoms with van der Waals surface area (Å²) < 4.78 is 5.19. The zero-order valence-electron chi connectivity index (χ0n) is 10.9. The Kier molecular flexibility index (Phi) is 7.34. The quantitative estimate of drug-likeness (QED) is 0.662. The van der Waals surface area contributed by atoms with Crippen molar-refractivity contribution in [3.8, 4) is 0 Å². The maximum Gasteiger partial charge on any atom is 0.249 e. The van der Waals surface area contributed by atoms with Gasteiger partial charge in [-0.2, -0.15) is 0 Å². The predicted octanol–water partition coefficient (Wildman–Crippen LogP) is 1.33. The smallest absolute Gasteiger partial charge is 0.249 e. The van der Waals surface area contributed by atoms with E-state index in [1.807, 2.05) is 0 Å². The van der Waals surface area contributed by atoms with Gasteiger partial charge in [0.25, 0.3) is 0 Å². The molecule has 4 heteroatoms. The summed E-state index contributed by atoms with van der Waals surface area (Å²) in [7, 11) is 3.15. The molecule has 0 saturated carbocycles. The highest BCUT2D eigenvalue weighted by Crippen LogP contribution is 2.34. The average molecular weight is 231 g/mol. The molecule has 0 spiro atoms. The first-order valence-corrected chi connectivity index (χ1v) is 5.96. The van der Waals surface area contributed by atoms with E-state index in [-0.39, 0.29) is 5.91 Å². The number of carbonyl (C=O) groups excluding carboxylic acids is 1. The maximum atomic E-state index is 11.6. The summed E-state index contributed by atoms with van der Waals surface area (Å²) >= 11 is 0. The van der Waals surface area contributed by atoms with E-state index in [1.54, 1.807) is 14.2 Å². The van der Waals surface area contributed by atoms with Gasteiger partial charge in [-0.25, -0.2) is 0 Å². The Balaban J connectivity index is 4.89. The number of carbonyl (C=O) groups is 1. The monoisotopic (exact) mass is 231 g/mol. The van der Waals surface area contributed by atoms with Crippen LogP contribution >= 0.6 is 0 Å². The molecule has 0 heterocycles. The van der Waals surface area contributed by atoms with E-state index in [4.69, 9.17) is 4.74 Å². The van der Waals surface area contributed by atoms with Gasteiger partial charge in [0.05, 0.1) is 6.61 Å². The van der Waals surface area contributed by atoms with E-state index < -0.39 is 11.5 Å². The molecular formula is C12H25NO3. The number of amides is 1. The van der Waals surface area contributed by atoms with Crippen LogP contribution < -0.4 is 5.32 Å². The Morgan fingerprint density at radius 3 is 2.19 bits per heavy atom. The van der Waals surface area contributed by atoms with Crippen LogP contribution in [0.2, 0.25) is 0 Å². The SMILES string of the molecule is CCCC(CCC)(COC)[C@H](O)C(=O)NC. The van der Waals surface area contributed by atoms with E-state index in [9.17, 15) is 9.90 Å². The van der Waals surface area contributed by atoms with Crippen LogP contribution in [0.4, 0.5) is 0 Å². The first kappa shape index (κ1) is 15.4. The molecule has 0 fully saturated rings. The Bertz CT molecular complexity index is 189. The first-order valence-electron chi connectivity index (χ1n) is 5.96. The molecule has 16 heavy (non-hydrogen) atoms. The molecule has 96 valence electrons. The number of methoxy groups -OCH3 is 1. The normalized spacial score (nSPS) is 13.6. The molecular weight excluding hydrogens is 206 g/mol. The highest BCUT2D eigenvalue weighted by atomic mass is 16.5. The molecule has 0 aromatic rings. The topological polar surface area (TPSA) is 58.6 Å².